The van der Waals surface area contributed by atoms with E-state index < -0.39 is 0 Å². The van der Waals surface area contributed by atoms with E-state index >= 15 is 0 Å². The van der Waals surface area contributed by atoms with E-state index in [-0.39, 0.29) is 11.7 Å². The average molecular weight is 122 g/mol. The van der Waals surface area contributed by atoms with Gasteiger partial charge in [0.1, 0.15) is 5.83 Å². The summed E-state index contributed by atoms with van der Waals surface area (Å²) in [6.45, 7) is 2.01. The maximum absolute atomic E-state index is 12.6. The normalized spacial score (nSPS) is 30.0. The van der Waals surface area contributed by atoms with E-state index in [1.807, 2.05) is 19.1 Å². The molecule has 0 aromatic rings. The molecule has 0 N–H and O–H groups in total. The van der Waals surface area contributed by atoms with Gasteiger partial charge in [-0.2, -0.15) is 0 Å². The highest BCUT2D eigenvalue weighted by Gasteiger charge is 2.31. The first-order valence-electron chi connectivity index (χ1n) is 3.05. The van der Waals surface area contributed by atoms with E-state index in [9.17, 15) is 4.39 Å². The number of hydrogen-bond donors (Lipinski definition) is 0. The van der Waals surface area contributed by atoms with Gasteiger partial charge >= 0.3 is 0 Å². The Labute approximate surface area is 53.4 Å². The molecule has 0 nitrogen and oxygen atoms in total. The van der Waals surface area contributed by atoms with E-state index in [2.05, 4.69) is 0 Å². The zero-order valence-electron chi connectivity index (χ0n) is 5.19. The molecule has 0 fully saturated rings. The van der Waals surface area contributed by atoms with Crippen molar-refractivity contribution in [2.24, 2.45) is 5.92 Å². The summed E-state index contributed by atoms with van der Waals surface area (Å²) in [6.07, 6.45) is 5.32. The summed E-state index contributed by atoms with van der Waals surface area (Å²) in [5.74, 6) is 0.0607. The topological polar surface area (TPSA) is 0 Å². The van der Waals surface area contributed by atoms with E-state index in [0.29, 0.717) is 0 Å². The standard InChI is InChI=1S/C8H7F/c1-5-2-3-8(9)7-4-6(5)7/h2-4,7H,1H3/t7-/m1/s1. The van der Waals surface area contributed by atoms with Gasteiger partial charge in [0.25, 0.3) is 0 Å². The fourth-order valence-corrected chi connectivity index (χ4v) is 1.14. The van der Waals surface area contributed by atoms with Gasteiger partial charge in [-0.3, -0.25) is 0 Å². The van der Waals surface area contributed by atoms with Crippen molar-refractivity contribution in [3.8, 4) is 0 Å². The molecule has 0 heterocycles. The number of hydrogen-bond acceptors (Lipinski definition) is 0. The van der Waals surface area contributed by atoms with Crippen LogP contribution >= 0.6 is 0 Å². The highest BCUT2D eigenvalue weighted by Crippen LogP contribution is 2.43. The van der Waals surface area contributed by atoms with E-state index in [1.165, 1.54) is 11.1 Å². The summed E-state index contributed by atoms with van der Waals surface area (Å²) in [5, 5.41) is 0. The van der Waals surface area contributed by atoms with E-state index in [0.717, 1.165) is 0 Å². The van der Waals surface area contributed by atoms with Crippen LogP contribution in [0.15, 0.2) is 35.2 Å². The molecule has 2 aliphatic rings. The molecule has 0 saturated heterocycles. The molecule has 2 rings (SSSR count). The van der Waals surface area contributed by atoms with Gasteiger partial charge in [0.2, 0.25) is 0 Å². The van der Waals surface area contributed by atoms with Gasteiger partial charge in [0.15, 0.2) is 0 Å². The molecule has 1 heteroatoms. The van der Waals surface area contributed by atoms with Crippen molar-refractivity contribution in [1.29, 1.82) is 0 Å². The lowest BCUT2D eigenvalue weighted by molar-refractivity contribution is 0.587. The van der Waals surface area contributed by atoms with Crippen molar-refractivity contribution in [2.75, 3.05) is 0 Å². The van der Waals surface area contributed by atoms with Crippen molar-refractivity contribution in [3.05, 3.63) is 35.2 Å². The van der Waals surface area contributed by atoms with E-state index in [1.54, 1.807) is 6.08 Å². The van der Waals surface area contributed by atoms with Crippen LogP contribution in [0.3, 0.4) is 0 Å². The van der Waals surface area contributed by atoms with Crippen molar-refractivity contribution in [3.63, 3.8) is 0 Å². The zero-order valence-corrected chi connectivity index (χ0v) is 5.19. The van der Waals surface area contributed by atoms with Crippen molar-refractivity contribution in [1.82, 2.24) is 0 Å². The SMILES string of the molecule is CC1=CC=C(F)[C@@H]2C=C12. The molecule has 0 amide bonds. The summed E-state index contributed by atoms with van der Waals surface area (Å²) < 4.78 is 12.6. The lowest BCUT2D eigenvalue weighted by Gasteiger charge is -2.01. The monoisotopic (exact) mass is 122 g/mol. The minimum Gasteiger partial charge on any atom is -0.211 e. The summed E-state index contributed by atoms with van der Waals surface area (Å²) in [5.41, 5.74) is 2.39. The minimum absolute atomic E-state index is 0.00407. The zero-order chi connectivity index (χ0) is 6.43. The molecular formula is C8H7F. The second-order valence-corrected chi connectivity index (χ2v) is 2.50. The first-order chi connectivity index (χ1) is 4.29. The Morgan fingerprint density at radius 3 is 2.89 bits per heavy atom. The quantitative estimate of drug-likeness (QED) is 0.462. The lowest BCUT2D eigenvalue weighted by atomic mass is 10.1. The Bertz CT molecular complexity index is 243. The molecule has 46 valence electrons. The second kappa shape index (κ2) is 1.35. The fraction of sp³-hybridized carbons (Fsp3) is 0.250. The number of fused-ring (bicyclic) bond motifs is 1. The van der Waals surface area contributed by atoms with Crippen molar-refractivity contribution >= 4 is 0 Å². The van der Waals surface area contributed by atoms with Crippen LogP contribution in [0.2, 0.25) is 0 Å². The Hall–Kier alpha value is -0.850. The van der Waals surface area contributed by atoms with Crippen LogP contribution in [-0.2, 0) is 0 Å². The molecule has 0 radical (unpaired) electrons. The average Bonchev–Trinajstić information content (AvgIpc) is 2.57. The summed E-state index contributed by atoms with van der Waals surface area (Å²) in [7, 11) is 0. The van der Waals surface area contributed by atoms with Gasteiger partial charge in [0, 0.05) is 0 Å². The molecule has 0 saturated carbocycles. The van der Waals surface area contributed by atoms with Gasteiger partial charge in [-0.05, 0) is 24.1 Å². The molecule has 0 unspecified atom stereocenters. The first-order valence-corrected chi connectivity index (χ1v) is 3.05. The molecule has 9 heavy (non-hydrogen) atoms. The highest BCUT2D eigenvalue weighted by atomic mass is 19.1. The molecule has 2 aliphatic carbocycles. The fourth-order valence-electron chi connectivity index (χ4n) is 1.14. The van der Waals surface area contributed by atoms with Gasteiger partial charge in [-0.25, -0.2) is 4.39 Å². The Morgan fingerprint density at radius 1 is 1.44 bits per heavy atom. The summed E-state index contributed by atoms with van der Waals surface area (Å²) in [6, 6.07) is 0. The molecule has 0 bridgehead atoms. The van der Waals surface area contributed by atoms with Gasteiger partial charge < -0.3 is 0 Å². The highest BCUT2D eigenvalue weighted by molar-refractivity contribution is 5.55. The summed E-state index contributed by atoms with van der Waals surface area (Å²) in [4.78, 5) is 0. The summed E-state index contributed by atoms with van der Waals surface area (Å²) >= 11 is 0. The smallest absolute Gasteiger partial charge is 0.111 e. The van der Waals surface area contributed by atoms with Crippen LogP contribution < -0.4 is 0 Å². The predicted octanol–water partition coefficient (Wildman–Crippen LogP) is 2.36. The molecule has 0 aliphatic heterocycles. The minimum atomic E-state index is -0.00407. The van der Waals surface area contributed by atoms with Crippen molar-refractivity contribution in [2.45, 2.75) is 6.92 Å². The number of rotatable bonds is 0. The van der Waals surface area contributed by atoms with Crippen LogP contribution in [0.4, 0.5) is 4.39 Å². The Kier molecular flexibility index (Phi) is 0.747. The third kappa shape index (κ3) is 0.576. The molecule has 0 spiro atoms. The van der Waals surface area contributed by atoms with Gasteiger partial charge in [0.05, 0.1) is 5.92 Å². The van der Waals surface area contributed by atoms with Crippen LogP contribution in [-0.4, -0.2) is 0 Å². The molecule has 0 aromatic carbocycles. The molecule has 0 aromatic heterocycles. The third-order valence-electron chi connectivity index (χ3n) is 1.82. The third-order valence-corrected chi connectivity index (χ3v) is 1.82. The van der Waals surface area contributed by atoms with Gasteiger partial charge in [-0.15, -0.1) is 0 Å². The van der Waals surface area contributed by atoms with Crippen molar-refractivity contribution < 1.29 is 4.39 Å². The first kappa shape index (κ1) is 4.98. The largest absolute Gasteiger partial charge is 0.211 e. The molecule has 1 atom stereocenters. The number of allylic oxidation sites excluding steroid dienone is 6. The number of halogens is 1. The van der Waals surface area contributed by atoms with Crippen LogP contribution in [0.25, 0.3) is 0 Å². The maximum Gasteiger partial charge on any atom is 0.111 e. The van der Waals surface area contributed by atoms with Crippen LogP contribution in [0.1, 0.15) is 6.92 Å². The maximum atomic E-state index is 12.6. The predicted molar refractivity (Wildman–Crippen MR) is 34.5 cm³/mol. The Morgan fingerprint density at radius 2 is 2.22 bits per heavy atom. The van der Waals surface area contributed by atoms with Crippen LogP contribution in [0.5, 0.6) is 0 Å². The van der Waals surface area contributed by atoms with E-state index in [4.69, 9.17) is 0 Å². The Balaban J connectivity index is 2.40. The lowest BCUT2D eigenvalue weighted by Crippen LogP contribution is -1.88. The second-order valence-electron chi connectivity index (χ2n) is 2.50. The van der Waals surface area contributed by atoms with Gasteiger partial charge in [-0.1, -0.05) is 12.2 Å². The van der Waals surface area contributed by atoms with Crippen LogP contribution in [0, 0.1) is 5.92 Å². The molecular weight excluding hydrogens is 115 g/mol.